The fourth-order valence-corrected chi connectivity index (χ4v) is 1.92. The first kappa shape index (κ1) is 17.4. The lowest BCUT2D eigenvalue weighted by Crippen LogP contribution is -2.36. The molecule has 0 bridgehead atoms. The SMILES string of the molecule is N#Cc1ccc(C(O)C(O)CNC(=O)OCc2ccccc2)nc1. The quantitative estimate of drug-likeness (QED) is 0.736. The first-order valence-electron chi connectivity index (χ1n) is 7.27. The van der Waals surface area contributed by atoms with Gasteiger partial charge in [-0.3, -0.25) is 4.98 Å². The lowest BCUT2D eigenvalue weighted by Gasteiger charge is -2.17. The Hall–Kier alpha value is -2.95. The zero-order chi connectivity index (χ0) is 17.4. The van der Waals surface area contributed by atoms with Gasteiger partial charge in [0, 0.05) is 12.7 Å². The molecule has 1 amide bonds. The number of rotatable bonds is 6. The van der Waals surface area contributed by atoms with Gasteiger partial charge in [-0.2, -0.15) is 5.26 Å². The second kappa shape index (κ2) is 8.62. The van der Waals surface area contributed by atoms with Crippen LogP contribution in [0.3, 0.4) is 0 Å². The molecule has 0 saturated heterocycles. The Kier molecular flexibility index (Phi) is 6.25. The van der Waals surface area contributed by atoms with Crippen molar-refractivity contribution >= 4 is 6.09 Å². The summed E-state index contributed by atoms with van der Waals surface area (Å²) >= 11 is 0. The molecule has 0 spiro atoms. The molecule has 0 radical (unpaired) electrons. The summed E-state index contributed by atoms with van der Waals surface area (Å²) in [6.45, 7) is -0.0844. The highest BCUT2D eigenvalue weighted by Crippen LogP contribution is 2.14. The molecule has 7 heteroatoms. The standard InChI is InChI=1S/C17H17N3O4/c18-8-13-6-7-14(19-9-13)16(22)15(21)10-20-17(23)24-11-12-4-2-1-3-5-12/h1-7,9,15-16,21-22H,10-11H2,(H,20,23). The second-order valence-corrected chi connectivity index (χ2v) is 5.04. The Balaban J connectivity index is 1.77. The largest absolute Gasteiger partial charge is 0.445 e. The molecule has 24 heavy (non-hydrogen) atoms. The number of benzene rings is 1. The zero-order valence-corrected chi connectivity index (χ0v) is 12.8. The van der Waals surface area contributed by atoms with Crippen LogP contribution in [-0.2, 0) is 11.3 Å². The molecule has 2 atom stereocenters. The van der Waals surface area contributed by atoms with Crippen LogP contribution in [0.15, 0.2) is 48.7 Å². The van der Waals surface area contributed by atoms with Crippen LogP contribution >= 0.6 is 0 Å². The first-order valence-corrected chi connectivity index (χ1v) is 7.27. The summed E-state index contributed by atoms with van der Waals surface area (Å²) in [5.74, 6) is 0. The van der Waals surface area contributed by atoms with Crippen LogP contribution in [0.2, 0.25) is 0 Å². The van der Waals surface area contributed by atoms with E-state index in [0.717, 1.165) is 5.56 Å². The van der Waals surface area contributed by atoms with E-state index in [9.17, 15) is 15.0 Å². The smallest absolute Gasteiger partial charge is 0.407 e. The van der Waals surface area contributed by atoms with Gasteiger partial charge in [-0.25, -0.2) is 4.79 Å². The van der Waals surface area contributed by atoms with E-state index in [2.05, 4.69) is 10.3 Å². The minimum Gasteiger partial charge on any atom is -0.445 e. The Bertz CT molecular complexity index is 698. The molecule has 0 fully saturated rings. The molecule has 2 rings (SSSR count). The molecule has 1 aromatic carbocycles. The Morgan fingerprint density at radius 1 is 1.25 bits per heavy atom. The Labute approximate surface area is 139 Å². The number of aliphatic hydroxyl groups excluding tert-OH is 2. The fourth-order valence-electron chi connectivity index (χ4n) is 1.92. The summed E-state index contributed by atoms with van der Waals surface area (Å²) in [5, 5.41) is 31.0. The lowest BCUT2D eigenvalue weighted by molar-refractivity contribution is 0.0159. The van der Waals surface area contributed by atoms with Crippen molar-refractivity contribution in [3.8, 4) is 6.07 Å². The van der Waals surface area contributed by atoms with E-state index in [1.807, 2.05) is 36.4 Å². The van der Waals surface area contributed by atoms with E-state index in [1.165, 1.54) is 18.3 Å². The van der Waals surface area contributed by atoms with Crippen LogP contribution < -0.4 is 5.32 Å². The number of carbonyl (C=O) groups is 1. The molecule has 0 saturated carbocycles. The normalized spacial score (nSPS) is 12.7. The van der Waals surface area contributed by atoms with Gasteiger partial charge in [0.1, 0.15) is 24.9 Å². The van der Waals surface area contributed by atoms with Gasteiger partial charge in [-0.1, -0.05) is 30.3 Å². The maximum Gasteiger partial charge on any atom is 0.407 e. The molecule has 0 aliphatic carbocycles. The predicted molar refractivity (Wildman–Crippen MR) is 84.5 cm³/mol. The fraction of sp³-hybridized carbons (Fsp3) is 0.235. The van der Waals surface area contributed by atoms with Gasteiger partial charge < -0.3 is 20.3 Å². The number of nitriles is 1. The van der Waals surface area contributed by atoms with Crippen molar-refractivity contribution in [3.05, 3.63) is 65.5 Å². The highest BCUT2D eigenvalue weighted by molar-refractivity contribution is 5.67. The van der Waals surface area contributed by atoms with Crippen molar-refractivity contribution in [1.29, 1.82) is 5.26 Å². The third-order valence-corrected chi connectivity index (χ3v) is 3.25. The third-order valence-electron chi connectivity index (χ3n) is 3.25. The molecule has 2 unspecified atom stereocenters. The zero-order valence-electron chi connectivity index (χ0n) is 12.8. The summed E-state index contributed by atoms with van der Waals surface area (Å²) < 4.78 is 5.00. The van der Waals surface area contributed by atoms with Crippen molar-refractivity contribution in [2.75, 3.05) is 6.54 Å². The Morgan fingerprint density at radius 2 is 2.00 bits per heavy atom. The van der Waals surface area contributed by atoms with E-state index in [4.69, 9.17) is 10.00 Å². The molecule has 0 aliphatic rings. The minimum absolute atomic E-state index is 0.114. The first-order chi connectivity index (χ1) is 11.6. The molecular formula is C17H17N3O4. The van der Waals surface area contributed by atoms with Crippen LogP contribution in [0.1, 0.15) is 22.9 Å². The molecule has 0 aliphatic heterocycles. The molecule has 2 aromatic rings. The van der Waals surface area contributed by atoms with Gasteiger partial charge in [-0.15, -0.1) is 0 Å². The van der Waals surface area contributed by atoms with Gasteiger partial charge >= 0.3 is 6.09 Å². The molecule has 1 heterocycles. The van der Waals surface area contributed by atoms with Crippen LogP contribution in [-0.4, -0.2) is 33.9 Å². The monoisotopic (exact) mass is 327 g/mol. The number of nitrogens with one attached hydrogen (secondary N) is 1. The predicted octanol–water partition coefficient (Wildman–Crippen LogP) is 1.27. The third kappa shape index (κ3) is 5.05. The number of amides is 1. The van der Waals surface area contributed by atoms with Gasteiger partial charge in [0.15, 0.2) is 0 Å². The topological polar surface area (TPSA) is 115 Å². The number of ether oxygens (including phenoxy) is 1. The van der Waals surface area contributed by atoms with E-state index in [0.29, 0.717) is 5.56 Å². The number of hydrogen-bond acceptors (Lipinski definition) is 6. The van der Waals surface area contributed by atoms with E-state index >= 15 is 0 Å². The van der Waals surface area contributed by atoms with Gasteiger partial charge in [0.05, 0.1) is 11.3 Å². The highest BCUT2D eigenvalue weighted by atomic mass is 16.5. The maximum absolute atomic E-state index is 11.6. The van der Waals surface area contributed by atoms with Crippen molar-refractivity contribution in [2.45, 2.75) is 18.8 Å². The average molecular weight is 327 g/mol. The summed E-state index contributed by atoms with van der Waals surface area (Å²) in [5.41, 5.74) is 1.40. The molecule has 1 aromatic heterocycles. The van der Waals surface area contributed by atoms with Crippen molar-refractivity contribution in [2.24, 2.45) is 0 Å². The summed E-state index contributed by atoms with van der Waals surface area (Å²) in [4.78, 5) is 15.5. The molecule has 124 valence electrons. The van der Waals surface area contributed by atoms with Crippen molar-refractivity contribution in [3.63, 3.8) is 0 Å². The van der Waals surface area contributed by atoms with Gasteiger partial charge in [0.2, 0.25) is 0 Å². The maximum atomic E-state index is 11.6. The van der Waals surface area contributed by atoms with Crippen LogP contribution in [0.25, 0.3) is 0 Å². The van der Waals surface area contributed by atoms with E-state index < -0.39 is 18.3 Å². The molecular weight excluding hydrogens is 310 g/mol. The highest BCUT2D eigenvalue weighted by Gasteiger charge is 2.20. The Morgan fingerprint density at radius 3 is 2.62 bits per heavy atom. The van der Waals surface area contributed by atoms with Gasteiger partial charge in [0.25, 0.3) is 0 Å². The number of nitrogens with zero attached hydrogens (tertiary/aromatic N) is 2. The number of pyridine rings is 1. The van der Waals surface area contributed by atoms with Gasteiger partial charge in [-0.05, 0) is 17.7 Å². The number of hydrogen-bond donors (Lipinski definition) is 3. The lowest BCUT2D eigenvalue weighted by atomic mass is 10.1. The van der Waals surface area contributed by atoms with E-state index in [-0.39, 0.29) is 18.8 Å². The van der Waals surface area contributed by atoms with Crippen LogP contribution in [0.5, 0.6) is 0 Å². The van der Waals surface area contributed by atoms with Crippen molar-refractivity contribution < 1.29 is 19.7 Å². The summed E-state index contributed by atoms with van der Waals surface area (Å²) in [7, 11) is 0. The number of alkyl carbamates (subject to hydrolysis) is 1. The second-order valence-electron chi connectivity index (χ2n) is 5.04. The summed E-state index contributed by atoms with van der Waals surface area (Å²) in [6.07, 6.45) is -1.94. The van der Waals surface area contributed by atoms with Crippen LogP contribution in [0, 0.1) is 11.3 Å². The number of aromatic nitrogens is 1. The molecule has 3 N–H and O–H groups in total. The molecule has 7 nitrogen and oxygen atoms in total. The minimum atomic E-state index is -1.29. The number of aliphatic hydroxyl groups is 2. The summed E-state index contributed by atoms with van der Waals surface area (Å²) in [6, 6.07) is 14.0. The van der Waals surface area contributed by atoms with Crippen molar-refractivity contribution in [1.82, 2.24) is 10.3 Å². The average Bonchev–Trinajstić information content (AvgIpc) is 2.64. The van der Waals surface area contributed by atoms with Crippen LogP contribution in [0.4, 0.5) is 4.79 Å². The number of carbonyl (C=O) groups excluding carboxylic acids is 1. The van der Waals surface area contributed by atoms with E-state index in [1.54, 1.807) is 0 Å².